The number of carboxylic acid groups (broad SMARTS) is 1. The SMILES string of the molecule is COCCNC(=O)C(=O)Nc1sc2c(c1C(=O)O)CCC2. The zero-order valence-electron chi connectivity index (χ0n) is 11.5. The highest BCUT2D eigenvalue weighted by molar-refractivity contribution is 7.17. The van der Waals surface area contributed by atoms with Crippen LogP contribution in [-0.4, -0.2) is 43.2 Å². The number of aryl methyl sites for hydroxylation is 1. The van der Waals surface area contributed by atoms with Gasteiger partial charge in [-0.3, -0.25) is 9.59 Å². The molecule has 0 spiro atoms. The summed E-state index contributed by atoms with van der Waals surface area (Å²) >= 11 is 1.23. The Morgan fingerprint density at radius 1 is 1.29 bits per heavy atom. The van der Waals surface area contributed by atoms with Crippen molar-refractivity contribution in [2.45, 2.75) is 19.3 Å². The van der Waals surface area contributed by atoms with Crippen molar-refractivity contribution in [3.05, 3.63) is 16.0 Å². The lowest BCUT2D eigenvalue weighted by atomic mass is 10.1. The van der Waals surface area contributed by atoms with E-state index < -0.39 is 17.8 Å². The Labute approximate surface area is 125 Å². The van der Waals surface area contributed by atoms with Gasteiger partial charge in [0, 0.05) is 18.5 Å². The first-order valence-corrected chi connectivity index (χ1v) is 7.32. The molecule has 7 nitrogen and oxygen atoms in total. The number of aromatic carboxylic acids is 1. The van der Waals surface area contributed by atoms with Crippen molar-refractivity contribution in [1.29, 1.82) is 0 Å². The summed E-state index contributed by atoms with van der Waals surface area (Å²) in [5.41, 5.74) is 0.896. The molecule has 0 aliphatic heterocycles. The number of carbonyl (C=O) groups excluding carboxylic acids is 2. The molecule has 1 aliphatic carbocycles. The third-order valence-electron chi connectivity index (χ3n) is 3.16. The van der Waals surface area contributed by atoms with Gasteiger partial charge in [0.1, 0.15) is 5.00 Å². The summed E-state index contributed by atoms with van der Waals surface area (Å²) in [5, 5.41) is 14.3. The Balaban J connectivity index is 2.08. The fourth-order valence-electron chi connectivity index (χ4n) is 2.23. The number of anilines is 1. The minimum Gasteiger partial charge on any atom is -0.478 e. The first kappa shape index (κ1) is 15.5. The molecule has 0 atom stereocenters. The number of ether oxygens (including phenoxy) is 1. The fourth-order valence-corrected chi connectivity index (χ4v) is 3.50. The van der Waals surface area contributed by atoms with E-state index >= 15 is 0 Å². The maximum absolute atomic E-state index is 11.8. The van der Waals surface area contributed by atoms with Crippen molar-refractivity contribution in [1.82, 2.24) is 5.32 Å². The normalized spacial score (nSPS) is 12.8. The Morgan fingerprint density at radius 3 is 2.71 bits per heavy atom. The van der Waals surface area contributed by atoms with Gasteiger partial charge in [-0.05, 0) is 24.8 Å². The molecule has 1 aromatic heterocycles. The van der Waals surface area contributed by atoms with Crippen LogP contribution in [0.25, 0.3) is 0 Å². The van der Waals surface area contributed by atoms with Gasteiger partial charge >= 0.3 is 17.8 Å². The Hall–Kier alpha value is -1.93. The average molecular weight is 312 g/mol. The van der Waals surface area contributed by atoms with E-state index in [9.17, 15) is 19.5 Å². The van der Waals surface area contributed by atoms with Crippen molar-refractivity contribution in [2.75, 3.05) is 25.6 Å². The van der Waals surface area contributed by atoms with E-state index in [-0.39, 0.29) is 17.1 Å². The van der Waals surface area contributed by atoms with E-state index in [2.05, 4.69) is 10.6 Å². The fraction of sp³-hybridized carbons (Fsp3) is 0.462. The lowest BCUT2D eigenvalue weighted by Crippen LogP contribution is -2.37. The molecule has 1 aromatic rings. The molecule has 1 aliphatic rings. The van der Waals surface area contributed by atoms with Gasteiger partial charge in [-0.2, -0.15) is 0 Å². The van der Waals surface area contributed by atoms with Crippen molar-refractivity contribution in [3.63, 3.8) is 0 Å². The zero-order valence-corrected chi connectivity index (χ0v) is 12.3. The molecule has 0 fully saturated rings. The number of rotatable bonds is 5. The molecule has 0 radical (unpaired) electrons. The topological polar surface area (TPSA) is 105 Å². The van der Waals surface area contributed by atoms with Crippen LogP contribution in [0.4, 0.5) is 5.00 Å². The monoisotopic (exact) mass is 312 g/mol. The molecule has 0 aromatic carbocycles. The molecule has 3 N–H and O–H groups in total. The molecule has 0 saturated carbocycles. The van der Waals surface area contributed by atoms with Gasteiger partial charge in [0.05, 0.1) is 12.2 Å². The molecule has 21 heavy (non-hydrogen) atoms. The van der Waals surface area contributed by atoms with E-state index in [0.29, 0.717) is 13.0 Å². The smallest absolute Gasteiger partial charge is 0.339 e. The van der Waals surface area contributed by atoms with E-state index in [0.717, 1.165) is 23.3 Å². The summed E-state index contributed by atoms with van der Waals surface area (Å²) in [4.78, 5) is 35.6. The first-order chi connectivity index (χ1) is 10.0. The average Bonchev–Trinajstić information content (AvgIpc) is 2.98. The van der Waals surface area contributed by atoms with Crippen molar-refractivity contribution >= 4 is 34.1 Å². The molecular formula is C13H16N2O5S. The van der Waals surface area contributed by atoms with Gasteiger partial charge in [0.15, 0.2) is 0 Å². The number of nitrogens with one attached hydrogen (secondary N) is 2. The number of carbonyl (C=O) groups is 3. The maximum atomic E-state index is 11.8. The second-order valence-electron chi connectivity index (χ2n) is 4.57. The Kier molecular flexibility index (Phi) is 4.92. The predicted octanol–water partition coefficient (Wildman–Crippen LogP) is 0.636. The summed E-state index contributed by atoms with van der Waals surface area (Å²) in [7, 11) is 1.48. The van der Waals surface area contributed by atoms with Crippen LogP contribution in [0.3, 0.4) is 0 Å². The van der Waals surface area contributed by atoms with Gasteiger partial charge < -0.3 is 20.5 Å². The van der Waals surface area contributed by atoms with Crippen molar-refractivity contribution < 1.29 is 24.2 Å². The molecule has 114 valence electrons. The molecule has 0 bridgehead atoms. The van der Waals surface area contributed by atoms with Crippen LogP contribution >= 0.6 is 11.3 Å². The van der Waals surface area contributed by atoms with Gasteiger partial charge in [0.2, 0.25) is 0 Å². The molecule has 8 heteroatoms. The highest BCUT2D eigenvalue weighted by Crippen LogP contribution is 2.38. The van der Waals surface area contributed by atoms with Gasteiger partial charge in [0.25, 0.3) is 0 Å². The second-order valence-corrected chi connectivity index (χ2v) is 5.67. The highest BCUT2D eigenvalue weighted by atomic mass is 32.1. The van der Waals surface area contributed by atoms with E-state index in [1.54, 1.807) is 0 Å². The van der Waals surface area contributed by atoms with Crippen LogP contribution in [0.2, 0.25) is 0 Å². The largest absolute Gasteiger partial charge is 0.478 e. The zero-order chi connectivity index (χ0) is 15.4. The number of amides is 2. The maximum Gasteiger partial charge on any atom is 0.339 e. The predicted molar refractivity (Wildman–Crippen MR) is 76.8 cm³/mol. The van der Waals surface area contributed by atoms with E-state index in [1.807, 2.05) is 0 Å². The lowest BCUT2D eigenvalue weighted by molar-refractivity contribution is -0.136. The summed E-state index contributed by atoms with van der Waals surface area (Å²) in [6, 6.07) is 0. The van der Waals surface area contributed by atoms with Crippen LogP contribution in [-0.2, 0) is 27.2 Å². The van der Waals surface area contributed by atoms with Gasteiger partial charge in [-0.15, -0.1) is 11.3 Å². The van der Waals surface area contributed by atoms with Crippen LogP contribution in [0.15, 0.2) is 0 Å². The third kappa shape index (κ3) is 3.40. The Bertz CT molecular complexity index is 581. The molecule has 2 rings (SSSR count). The second kappa shape index (κ2) is 6.68. The lowest BCUT2D eigenvalue weighted by Gasteiger charge is -2.06. The van der Waals surface area contributed by atoms with Crippen molar-refractivity contribution in [3.8, 4) is 0 Å². The standard InChI is InChI=1S/C13H16N2O5S/c1-20-6-5-14-10(16)11(17)15-12-9(13(18)19)7-3-2-4-8(7)21-12/h2-6H2,1H3,(H,14,16)(H,15,17)(H,18,19). The van der Waals surface area contributed by atoms with Crippen LogP contribution < -0.4 is 10.6 Å². The molecular weight excluding hydrogens is 296 g/mol. The number of hydrogen-bond acceptors (Lipinski definition) is 5. The summed E-state index contributed by atoms with van der Waals surface area (Å²) < 4.78 is 4.76. The number of fused-ring (bicyclic) bond motifs is 1. The summed E-state index contributed by atoms with van der Waals surface area (Å²) in [5.74, 6) is -2.75. The number of thiophene rings is 1. The van der Waals surface area contributed by atoms with Crippen LogP contribution in [0, 0.1) is 0 Å². The van der Waals surface area contributed by atoms with Gasteiger partial charge in [-0.25, -0.2) is 4.79 Å². The Morgan fingerprint density at radius 2 is 2.05 bits per heavy atom. The van der Waals surface area contributed by atoms with Crippen LogP contribution in [0.5, 0.6) is 0 Å². The minimum absolute atomic E-state index is 0.116. The highest BCUT2D eigenvalue weighted by Gasteiger charge is 2.28. The number of methoxy groups -OCH3 is 1. The van der Waals surface area contributed by atoms with Crippen molar-refractivity contribution in [2.24, 2.45) is 0 Å². The number of hydrogen-bond donors (Lipinski definition) is 3. The molecule has 0 saturated heterocycles. The summed E-state index contributed by atoms with van der Waals surface area (Å²) in [6.07, 6.45) is 2.44. The van der Waals surface area contributed by atoms with E-state index in [1.165, 1.54) is 18.4 Å². The minimum atomic E-state index is -1.08. The van der Waals surface area contributed by atoms with E-state index in [4.69, 9.17) is 4.74 Å². The quantitative estimate of drug-likeness (QED) is 0.546. The molecule has 1 heterocycles. The summed E-state index contributed by atoms with van der Waals surface area (Å²) in [6.45, 7) is 0.516. The molecule has 2 amide bonds. The first-order valence-electron chi connectivity index (χ1n) is 6.50. The third-order valence-corrected chi connectivity index (χ3v) is 4.37. The number of carboxylic acids is 1. The molecule has 0 unspecified atom stereocenters. The van der Waals surface area contributed by atoms with Crippen LogP contribution in [0.1, 0.15) is 27.2 Å². The van der Waals surface area contributed by atoms with Gasteiger partial charge in [-0.1, -0.05) is 0 Å².